The van der Waals surface area contributed by atoms with Gasteiger partial charge >= 0.3 is 12.1 Å². The first-order valence-corrected chi connectivity index (χ1v) is 6.02. The van der Waals surface area contributed by atoms with E-state index in [9.17, 15) is 22.4 Å². The third-order valence-electron chi connectivity index (χ3n) is 3.02. The summed E-state index contributed by atoms with van der Waals surface area (Å²) in [6.07, 6.45) is -4.48. The molecule has 0 aromatic heterocycles. The van der Waals surface area contributed by atoms with Gasteiger partial charge in [-0.05, 0) is 35.4 Å². The summed E-state index contributed by atoms with van der Waals surface area (Å²) in [6, 6.07) is 6.14. The van der Waals surface area contributed by atoms with E-state index in [0.717, 1.165) is 43.5 Å². The monoisotopic (exact) mass is 314 g/mol. The van der Waals surface area contributed by atoms with Crippen LogP contribution in [0.4, 0.5) is 17.6 Å². The Morgan fingerprint density at radius 2 is 1.68 bits per heavy atom. The smallest absolute Gasteiger partial charge is 0.416 e. The van der Waals surface area contributed by atoms with Crippen LogP contribution in [0.5, 0.6) is 5.75 Å². The minimum atomic E-state index is -4.48. The van der Waals surface area contributed by atoms with Gasteiger partial charge in [0.2, 0.25) is 0 Å². The van der Waals surface area contributed by atoms with Crippen molar-refractivity contribution >= 4 is 5.97 Å². The maximum Gasteiger partial charge on any atom is 0.416 e. The minimum absolute atomic E-state index is 0.143. The first-order chi connectivity index (χ1) is 10.2. The lowest BCUT2D eigenvalue weighted by Gasteiger charge is -2.11. The van der Waals surface area contributed by atoms with Gasteiger partial charge in [0, 0.05) is 0 Å². The van der Waals surface area contributed by atoms with E-state index < -0.39 is 34.8 Å². The number of ether oxygens (including phenoxy) is 1. The third kappa shape index (κ3) is 3.03. The van der Waals surface area contributed by atoms with Crippen LogP contribution in [-0.2, 0) is 6.18 Å². The molecular weight excluding hydrogens is 304 g/mol. The van der Waals surface area contributed by atoms with Gasteiger partial charge in [-0.3, -0.25) is 0 Å². The quantitative estimate of drug-likeness (QED) is 0.863. The Hall–Kier alpha value is -2.57. The highest BCUT2D eigenvalue weighted by Crippen LogP contribution is 2.33. The second kappa shape index (κ2) is 5.67. The van der Waals surface area contributed by atoms with Gasteiger partial charge in [-0.1, -0.05) is 12.1 Å². The molecule has 0 aliphatic heterocycles. The first-order valence-electron chi connectivity index (χ1n) is 6.02. The molecule has 0 aliphatic carbocycles. The lowest BCUT2D eigenvalue weighted by molar-refractivity contribution is -0.137. The number of carboxylic acid groups (broad SMARTS) is 1. The average Bonchev–Trinajstić information content (AvgIpc) is 2.45. The Morgan fingerprint density at radius 1 is 1.09 bits per heavy atom. The Kier molecular flexibility index (Phi) is 4.07. The predicted octanol–water partition coefficient (Wildman–Crippen LogP) is 4.22. The fourth-order valence-corrected chi connectivity index (χ4v) is 1.98. The molecule has 0 atom stereocenters. The summed E-state index contributed by atoms with van der Waals surface area (Å²) in [5.41, 5.74) is -0.845. The summed E-state index contributed by atoms with van der Waals surface area (Å²) in [4.78, 5) is 11.1. The number of aromatic carboxylic acids is 1. The Balaban J connectivity index is 2.51. The van der Waals surface area contributed by atoms with E-state index in [4.69, 9.17) is 5.11 Å². The van der Waals surface area contributed by atoms with Crippen molar-refractivity contribution in [2.75, 3.05) is 7.11 Å². The van der Waals surface area contributed by atoms with Crippen molar-refractivity contribution in [1.29, 1.82) is 0 Å². The zero-order chi connectivity index (χ0) is 16.5. The van der Waals surface area contributed by atoms with Crippen molar-refractivity contribution in [1.82, 2.24) is 0 Å². The molecule has 116 valence electrons. The molecule has 0 saturated heterocycles. The Bertz CT molecular complexity index is 706. The number of hydrogen-bond donors (Lipinski definition) is 1. The highest BCUT2D eigenvalue weighted by atomic mass is 19.4. The molecule has 0 saturated carbocycles. The van der Waals surface area contributed by atoms with E-state index in [-0.39, 0.29) is 11.1 Å². The van der Waals surface area contributed by atoms with Gasteiger partial charge in [-0.2, -0.15) is 13.2 Å². The zero-order valence-corrected chi connectivity index (χ0v) is 11.2. The average molecular weight is 314 g/mol. The molecule has 0 amide bonds. The topological polar surface area (TPSA) is 46.5 Å². The number of methoxy groups -OCH3 is 1. The van der Waals surface area contributed by atoms with E-state index in [1.165, 1.54) is 0 Å². The van der Waals surface area contributed by atoms with Gasteiger partial charge in [-0.15, -0.1) is 0 Å². The van der Waals surface area contributed by atoms with Crippen molar-refractivity contribution in [2.24, 2.45) is 0 Å². The van der Waals surface area contributed by atoms with E-state index in [1.807, 2.05) is 0 Å². The fraction of sp³-hybridized carbons (Fsp3) is 0.133. The summed E-state index contributed by atoms with van der Waals surface area (Å²) in [5.74, 6) is -2.73. The molecule has 0 fully saturated rings. The largest absolute Gasteiger partial charge is 0.493 e. The van der Waals surface area contributed by atoms with Gasteiger partial charge in [0.15, 0.2) is 11.6 Å². The number of hydrogen-bond acceptors (Lipinski definition) is 2. The van der Waals surface area contributed by atoms with Crippen LogP contribution >= 0.6 is 0 Å². The molecule has 2 rings (SSSR count). The Morgan fingerprint density at radius 3 is 2.14 bits per heavy atom. The number of rotatable bonds is 3. The fourth-order valence-electron chi connectivity index (χ4n) is 1.98. The SMILES string of the molecule is COc1c(F)cc(-c2ccc(C(F)(F)F)cc2)cc1C(=O)O. The van der Waals surface area contributed by atoms with Gasteiger partial charge in [-0.25, -0.2) is 9.18 Å². The molecule has 0 spiro atoms. The Labute approximate surface area is 122 Å². The normalized spacial score (nSPS) is 11.3. The molecule has 2 aromatic carbocycles. The number of carboxylic acids is 1. The van der Waals surface area contributed by atoms with E-state index in [0.29, 0.717) is 0 Å². The van der Waals surface area contributed by atoms with Crippen molar-refractivity contribution in [3.63, 3.8) is 0 Å². The van der Waals surface area contributed by atoms with E-state index >= 15 is 0 Å². The van der Waals surface area contributed by atoms with Crippen molar-refractivity contribution in [3.8, 4) is 16.9 Å². The summed E-state index contributed by atoms with van der Waals surface area (Å²) in [7, 11) is 1.13. The molecule has 0 aliphatic rings. The van der Waals surface area contributed by atoms with Crippen LogP contribution in [0.15, 0.2) is 36.4 Å². The van der Waals surface area contributed by atoms with Crippen LogP contribution in [0, 0.1) is 5.82 Å². The summed E-state index contributed by atoms with van der Waals surface area (Å²) < 4.78 is 56.0. The number of alkyl halides is 3. The van der Waals surface area contributed by atoms with Crippen LogP contribution in [0.2, 0.25) is 0 Å². The second-order valence-electron chi connectivity index (χ2n) is 4.42. The minimum Gasteiger partial charge on any atom is -0.493 e. The van der Waals surface area contributed by atoms with Crippen LogP contribution in [0.1, 0.15) is 15.9 Å². The molecule has 22 heavy (non-hydrogen) atoms. The first kappa shape index (κ1) is 15.8. The highest BCUT2D eigenvalue weighted by Gasteiger charge is 2.30. The van der Waals surface area contributed by atoms with Crippen LogP contribution in [0.25, 0.3) is 11.1 Å². The third-order valence-corrected chi connectivity index (χ3v) is 3.02. The molecule has 0 radical (unpaired) electrons. The van der Waals surface area contributed by atoms with Gasteiger partial charge in [0.05, 0.1) is 12.7 Å². The molecule has 2 aromatic rings. The maximum atomic E-state index is 13.9. The predicted molar refractivity (Wildman–Crippen MR) is 70.3 cm³/mol. The summed E-state index contributed by atoms with van der Waals surface area (Å²) in [5, 5.41) is 9.05. The van der Waals surface area contributed by atoms with Gasteiger partial charge in [0.1, 0.15) is 5.56 Å². The highest BCUT2D eigenvalue weighted by molar-refractivity contribution is 5.92. The van der Waals surface area contributed by atoms with Gasteiger partial charge < -0.3 is 9.84 Å². The molecule has 7 heteroatoms. The van der Waals surface area contributed by atoms with E-state index in [1.54, 1.807) is 0 Å². The van der Waals surface area contributed by atoms with Gasteiger partial charge in [0.25, 0.3) is 0 Å². The molecule has 0 unspecified atom stereocenters. The summed E-state index contributed by atoms with van der Waals surface area (Å²) in [6.45, 7) is 0. The van der Waals surface area contributed by atoms with E-state index in [2.05, 4.69) is 4.74 Å². The lowest BCUT2D eigenvalue weighted by Crippen LogP contribution is -2.05. The van der Waals surface area contributed by atoms with Crippen molar-refractivity contribution in [3.05, 3.63) is 53.3 Å². The van der Waals surface area contributed by atoms with Crippen LogP contribution in [-0.4, -0.2) is 18.2 Å². The molecular formula is C15H10F4O3. The molecule has 1 N–H and O–H groups in total. The zero-order valence-electron chi connectivity index (χ0n) is 11.2. The second-order valence-corrected chi connectivity index (χ2v) is 4.42. The number of benzene rings is 2. The lowest BCUT2D eigenvalue weighted by atomic mass is 10.0. The van der Waals surface area contributed by atoms with Crippen molar-refractivity contribution < 1.29 is 32.2 Å². The summed E-state index contributed by atoms with van der Waals surface area (Å²) >= 11 is 0. The van der Waals surface area contributed by atoms with Crippen LogP contribution in [0.3, 0.4) is 0 Å². The number of carbonyl (C=O) groups is 1. The molecule has 0 heterocycles. The maximum absolute atomic E-state index is 13.9. The molecule has 3 nitrogen and oxygen atoms in total. The number of halogens is 4. The molecule has 0 bridgehead atoms. The standard InChI is InChI=1S/C15H10F4O3/c1-22-13-11(14(20)21)6-9(7-12(13)16)8-2-4-10(5-3-8)15(17,18)19/h2-7H,1H3,(H,20,21). The van der Waals surface area contributed by atoms with Crippen molar-refractivity contribution in [2.45, 2.75) is 6.18 Å². The van der Waals surface area contributed by atoms with Crippen LogP contribution < -0.4 is 4.74 Å².